The van der Waals surface area contributed by atoms with Crippen LogP contribution in [-0.4, -0.2) is 24.4 Å². The lowest BCUT2D eigenvalue weighted by molar-refractivity contribution is 0.0869. The van der Waals surface area contributed by atoms with Crippen LogP contribution in [0.25, 0.3) is 0 Å². The van der Waals surface area contributed by atoms with Crippen molar-refractivity contribution in [3.05, 3.63) is 47.4 Å². The van der Waals surface area contributed by atoms with Crippen LogP contribution in [0.4, 0.5) is 10.1 Å². The number of nitrogens with two attached hydrogens (primary N) is 1. The number of rotatable bonds is 6. The largest absolute Gasteiger partial charge is 0.472 e. The van der Waals surface area contributed by atoms with Crippen LogP contribution < -0.4 is 10.5 Å². The first kappa shape index (κ1) is 15.9. The molecule has 2 N–H and O–H groups in total. The Balaban J connectivity index is 2.34. The van der Waals surface area contributed by atoms with Crippen LogP contribution in [0.5, 0.6) is 5.88 Å². The summed E-state index contributed by atoms with van der Waals surface area (Å²) in [6.07, 6.45) is -0.222. The highest BCUT2D eigenvalue weighted by atomic mass is 19.1. The van der Waals surface area contributed by atoms with Gasteiger partial charge in [0, 0.05) is 13.2 Å². The zero-order valence-corrected chi connectivity index (χ0v) is 12.5. The van der Waals surface area contributed by atoms with E-state index in [-0.39, 0.29) is 11.9 Å². The molecular weight excluding hydrogens is 285 g/mol. The third kappa shape index (κ3) is 3.57. The van der Waals surface area contributed by atoms with Gasteiger partial charge in [-0.25, -0.2) is 4.39 Å². The molecule has 5 nitrogen and oxygen atoms in total. The molecule has 2 aromatic rings. The number of nitriles is 1. The highest BCUT2D eigenvalue weighted by Crippen LogP contribution is 2.28. The van der Waals surface area contributed by atoms with E-state index in [9.17, 15) is 9.65 Å². The van der Waals surface area contributed by atoms with Gasteiger partial charge in [-0.15, -0.1) is 0 Å². The molecule has 6 heteroatoms. The third-order valence-electron chi connectivity index (χ3n) is 3.13. The smallest absolute Gasteiger partial charge is 0.219 e. The normalized spacial score (nSPS) is 11.9. The number of aromatic nitrogens is 1. The lowest BCUT2D eigenvalue weighted by atomic mass is 10.2. The average molecular weight is 303 g/mol. The topological polar surface area (TPSA) is 73.2 Å². The Morgan fingerprint density at radius 1 is 1.41 bits per heavy atom. The van der Waals surface area contributed by atoms with Gasteiger partial charge in [0.05, 0.1) is 18.8 Å². The highest BCUT2D eigenvalue weighted by Gasteiger charge is 2.17. The number of anilines is 1. The minimum Gasteiger partial charge on any atom is -0.472 e. The molecule has 0 amide bonds. The zero-order valence-electron chi connectivity index (χ0n) is 12.5. The summed E-state index contributed by atoms with van der Waals surface area (Å²) in [5.41, 5.74) is 7.39. The van der Waals surface area contributed by atoms with Gasteiger partial charge in [-0.3, -0.25) is 4.57 Å². The maximum Gasteiger partial charge on any atom is 0.219 e. The third-order valence-corrected chi connectivity index (χ3v) is 3.13. The average Bonchev–Trinajstić information content (AvgIpc) is 2.76. The van der Waals surface area contributed by atoms with E-state index in [0.717, 1.165) is 5.56 Å². The van der Waals surface area contributed by atoms with Crippen molar-refractivity contribution in [3.63, 3.8) is 0 Å². The van der Waals surface area contributed by atoms with Gasteiger partial charge < -0.3 is 15.2 Å². The molecule has 0 unspecified atom stereocenters. The van der Waals surface area contributed by atoms with Gasteiger partial charge in [0.2, 0.25) is 5.88 Å². The van der Waals surface area contributed by atoms with E-state index < -0.39 is 0 Å². The molecule has 0 radical (unpaired) electrons. The Kier molecular flexibility index (Phi) is 5.02. The number of hydrogen-bond donors (Lipinski definition) is 1. The molecule has 0 saturated carbocycles. The van der Waals surface area contributed by atoms with Crippen molar-refractivity contribution in [3.8, 4) is 11.9 Å². The lowest BCUT2D eigenvalue weighted by Crippen LogP contribution is -2.20. The van der Waals surface area contributed by atoms with E-state index in [1.807, 2.05) is 6.92 Å². The predicted octanol–water partition coefficient (Wildman–Crippen LogP) is 2.54. The summed E-state index contributed by atoms with van der Waals surface area (Å²) >= 11 is 0. The molecule has 0 aliphatic rings. The summed E-state index contributed by atoms with van der Waals surface area (Å²) in [5, 5.41) is 9.25. The number of ether oxygens (including phenoxy) is 2. The molecule has 1 atom stereocenters. The Labute approximate surface area is 128 Å². The first-order chi connectivity index (χ1) is 10.5. The predicted molar refractivity (Wildman–Crippen MR) is 81.0 cm³/mol. The van der Waals surface area contributed by atoms with Gasteiger partial charge in [0.25, 0.3) is 0 Å². The van der Waals surface area contributed by atoms with Crippen LogP contribution in [0.15, 0.2) is 30.3 Å². The summed E-state index contributed by atoms with van der Waals surface area (Å²) in [6.45, 7) is 2.54. The van der Waals surface area contributed by atoms with E-state index in [4.69, 9.17) is 15.2 Å². The fraction of sp³-hybridized carbons (Fsp3) is 0.312. The highest BCUT2D eigenvalue weighted by molar-refractivity contribution is 5.55. The van der Waals surface area contributed by atoms with Crippen LogP contribution in [-0.2, 0) is 11.3 Å². The molecule has 0 aliphatic carbocycles. The van der Waals surface area contributed by atoms with Crippen molar-refractivity contribution in [2.45, 2.75) is 19.6 Å². The first-order valence-corrected chi connectivity index (χ1v) is 6.84. The molecule has 0 bridgehead atoms. The van der Waals surface area contributed by atoms with Gasteiger partial charge in [-0.1, -0.05) is 12.1 Å². The summed E-state index contributed by atoms with van der Waals surface area (Å²) in [6, 6.07) is 9.82. The van der Waals surface area contributed by atoms with Crippen molar-refractivity contribution in [2.75, 3.05) is 19.5 Å². The maximum absolute atomic E-state index is 13.3. The van der Waals surface area contributed by atoms with E-state index in [1.165, 1.54) is 12.1 Å². The Morgan fingerprint density at radius 2 is 2.18 bits per heavy atom. The fourth-order valence-electron chi connectivity index (χ4n) is 2.21. The molecule has 0 saturated heterocycles. The van der Waals surface area contributed by atoms with Gasteiger partial charge in [-0.2, -0.15) is 5.26 Å². The summed E-state index contributed by atoms with van der Waals surface area (Å²) < 4.78 is 25.8. The van der Waals surface area contributed by atoms with Crippen LogP contribution >= 0.6 is 0 Å². The molecule has 116 valence electrons. The second-order valence-corrected chi connectivity index (χ2v) is 5.00. The van der Waals surface area contributed by atoms with Gasteiger partial charge in [0.15, 0.2) is 0 Å². The van der Waals surface area contributed by atoms with E-state index in [0.29, 0.717) is 30.4 Å². The number of benzene rings is 1. The second kappa shape index (κ2) is 6.96. The van der Waals surface area contributed by atoms with Gasteiger partial charge in [-0.05, 0) is 24.6 Å². The Bertz CT molecular complexity index is 691. The minimum atomic E-state index is -0.327. The molecular formula is C16H18FN3O2. The Hall–Kier alpha value is -2.52. The van der Waals surface area contributed by atoms with Crippen molar-refractivity contribution < 1.29 is 13.9 Å². The zero-order chi connectivity index (χ0) is 16.1. The molecule has 2 rings (SSSR count). The fourth-order valence-corrected chi connectivity index (χ4v) is 2.21. The monoisotopic (exact) mass is 303 g/mol. The summed E-state index contributed by atoms with van der Waals surface area (Å²) in [5.74, 6) is 0.0664. The van der Waals surface area contributed by atoms with Crippen molar-refractivity contribution >= 4 is 5.69 Å². The van der Waals surface area contributed by atoms with Crippen molar-refractivity contribution in [2.24, 2.45) is 0 Å². The van der Waals surface area contributed by atoms with Gasteiger partial charge in [0.1, 0.15) is 23.7 Å². The molecule has 0 fully saturated rings. The molecule has 1 heterocycles. The summed E-state index contributed by atoms with van der Waals surface area (Å²) in [4.78, 5) is 0. The number of nitrogens with zero attached hydrogens (tertiary/aromatic N) is 2. The first-order valence-electron chi connectivity index (χ1n) is 6.84. The molecule has 0 aliphatic heterocycles. The number of hydrogen-bond acceptors (Lipinski definition) is 4. The van der Waals surface area contributed by atoms with Crippen LogP contribution in [0.1, 0.15) is 18.2 Å². The van der Waals surface area contributed by atoms with Crippen molar-refractivity contribution in [1.29, 1.82) is 5.26 Å². The Morgan fingerprint density at radius 3 is 2.82 bits per heavy atom. The maximum atomic E-state index is 13.3. The molecule has 1 aromatic heterocycles. The second-order valence-electron chi connectivity index (χ2n) is 5.00. The molecule has 22 heavy (non-hydrogen) atoms. The van der Waals surface area contributed by atoms with E-state index in [1.54, 1.807) is 29.9 Å². The van der Waals surface area contributed by atoms with Gasteiger partial charge >= 0.3 is 0 Å². The minimum absolute atomic E-state index is 0.222. The van der Waals surface area contributed by atoms with Crippen LogP contribution in [0.2, 0.25) is 0 Å². The number of nitrogen functional groups attached to an aromatic ring is 1. The van der Waals surface area contributed by atoms with Crippen LogP contribution in [0, 0.1) is 17.1 Å². The van der Waals surface area contributed by atoms with Crippen molar-refractivity contribution in [1.82, 2.24) is 4.57 Å². The number of methoxy groups -OCH3 is 1. The summed E-state index contributed by atoms with van der Waals surface area (Å²) in [7, 11) is 1.58. The molecule has 1 aromatic carbocycles. The standard InChI is InChI=1S/C16H18FN3O2/c1-11(10-21-2)22-16-15(19)7-14(8-18)20(16)9-12-4-3-5-13(17)6-12/h3-7,11H,9-10,19H2,1-2H3/t11-/m1/s1. The quantitative estimate of drug-likeness (QED) is 0.890. The lowest BCUT2D eigenvalue weighted by Gasteiger charge is -2.17. The number of halogens is 1. The molecule has 0 spiro atoms. The SMILES string of the molecule is COC[C@@H](C)Oc1c(N)cc(C#N)n1Cc1cccc(F)c1. The van der Waals surface area contributed by atoms with E-state index in [2.05, 4.69) is 6.07 Å². The van der Waals surface area contributed by atoms with E-state index >= 15 is 0 Å². The van der Waals surface area contributed by atoms with Crippen LogP contribution in [0.3, 0.4) is 0 Å².